The fraction of sp³-hybridized carbons (Fsp3) is 0.125. The fourth-order valence-corrected chi connectivity index (χ4v) is 5.21. The quantitative estimate of drug-likeness (QED) is 0.298. The largest absolute Gasteiger partial charge is 0.496 e. The smallest absolute Gasteiger partial charge is 0.261 e. The van der Waals surface area contributed by atoms with Crippen LogP contribution >= 0.6 is 39.5 Å². The van der Waals surface area contributed by atoms with Crippen molar-refractivity contribution in [2.75, 3.05) is 12.4 Å². The normalized spacial score (nSPS) is 10.8. The van der Waals surface area contributed by atoms with Crippen LogP contribution in [0.5, 0.6) is 5.75 Å². The van der Waals surface area contributed by atoms with Crippen LogP contribution in [0, 0.1) is 13.8 Å². The second-order valence-corrected chi connectivity index (χ2v) is 9.63. The Hall–Kier alpha value is -2.81. The van der Waals surface area contributed by atoms with Gasteiger partial charge in [-0.15, -0.1) is 11.3 Å². The number of ether oxygens (including phenoxy) is 1. The topological polar surface area (TPSA) is 63.2 Å². The monoisotopic (exact) mass is 525 g/mol. The van der Waals surface area contributed by atoms with Crippen LogP contribution in [-0.4, -0.2) is 23.1 Å². The van der Waals surface area contributed by atoms with E-state index < -0.39 is 0 Å². The first-order chi connectivity index (χ1) is 15.3. The molecule has 3 aromatic carbocycles. The Morgan fingerprint density at radius 3 is 2.56 bits per heavy atom. The summed E-state index contributed by atoms with van der Waals surface area (Å²) in [5.41, 5.74) is 5.28. The van der Waals surface area contributed by atoms with Crippen molar-refractivity contribution in [3.8, 4) is 16.3 Å². The molecule has 0 bridgehead atoms. The number of aromatic nitrogens is 1. The third-order valence-corrected chi connectivity index (χ3v) is 6.58. The molecule has 0 aliphatic rings. The summed E-state index contributed by atoms with van der Waals surface area (Å²) in [5.74, 6) is 0.175. The predicted molar refractivity (Wildman–Crippen MR) is 139 cm³/mol. The Bertz CT molecular complexity index is 1330. The number of hydrogen-bond donors (Lipinski definition) is 2. The SMILES string of the molecule is COc1c(C)cc(Br)cc1C(=O)NC(=S)Nc1ccc(-c2nc3ccc(C)cc3s2)cc1. The van der Waals surface area contributed by atoms with Gasteiger partial charge in [-0.3, -0.25) is 10.1 Å². The third-order valence-electron chi connectivity index (χ3n) is 4.85. The van der Waals surface area contributed by atoms with E-state index in [4.69, 9.17) is 21.9 Å². The number of carbonyl (C=O) groups excluding carboxylic acids is 1. The van der Waals surface area contributed by atoms with E-state index in [2.05, 4.69) is 45.6 Å². The van der Waals surface area contributed by atoms with Gasteiger partial charge in [-0.25, -0.2) is 4.98 Å². The maximum atomic E-state index is 12.7. The van der Waals surface area contributed by atoms with Gasteiger partial charge in [0.15, 0.2) is 5.11 Å². The number of thiazole rings is 1. The van der Waals surface area contributed by atoms with Crippen LogP contribution in [0.25, 0.3) is 20.8 Å². The van der Waals surface area contributed by atoms with E-state index >= 15 is 0 Å². The van der Waals surface area contributed by atoms with Gasteiger partial charge < -0.3 is 10.1 Å². The first-order valence-electron chi connectivity index (χ1n) is 9.78. The summed E-state index contributed by atoms with van der Waals surface area (Å²) < 4.78 is 7.35. The Morgan fingerprint density at radius 1 is 1.09 bits per heavy atom. The zero-order valence-electron chi connectivity index (χ0n) is 17.7. The first kappa shape index (κ1) is 22.4. The molecule has 162 valence electrons. The number of methoxy groups -OCH3 is 1. The molecule has 0 radical (unpaired) electrons. The molecule has 0 unspecified atom stereocenters. The third kappa shape index (κ3) is 4.82. The average Bonchev–Trinajstić information content (AvgIpc) is 3.16. The molecule has 0 saturated heterocycles. The maximum absolute atomic E-state index is 12.7. The van der Waals surface area contributed by atoms with E-state index in [9.17, 15) is 4.79 Å². The molecular weight excluding hydrogens is 506 g/mol. The number of nitrogens with one attached hydrogen (secondary N) is 2. The lowest BCUT2D eigenvalue weighted by molar-refractivity contribution is 0.0974. The van der Waals surface area contributed by atoms with Crippen molar-refractivity contribution in [1.82, 2.24) is 10.3 Å². The first-order valence-corrected chi connectivity index (χ1v) is 11.8. The predicted octanol–water partition coefficient (Wildman–Crippen LogP) is 6.48. The van der Waals surface area contributed by atoms with Gasteiger partial charge >= 0.3 is 0 Å². The number of carbonyl (C=O) groups is 1. The van der Waals surface area contributed by atoms with Gasteiger partial charge in [0, 0.05) is 15.7 Å². The minimum atomic E-state index is -0.342. The van der Waals surface area contributed by atoms with Crippen molar-refractivity contribution in [3.05, 3.63) is 75.8 Å². The molecular formula is C24H20BrN3O2S2. The van der Waals surface area contributed by atoms with Crippen molar-refractivity contribution in [3.63, 3.8) is 0 Å². The average molecular weight is 526 g/mol. The van der Waals surface area contributed by atoms with Crippen LogP contribution < -0.4 is 15.4 Å². The number of anilines is 1. The molecule has 5 nitrogen and oxygen atoms in total. The van der Waals surface area contributed by atoms with Crippen molar-refractivity contribution in [1.29, 1.82) is 0 Å². The summed E-state index contributed by atoms with van der Waals surface area (Å²) in [4.78, 5) is 17.4. The summed E-state index contributed by atoms with van der Waals surface area (Å²) >= 11 is 10.4. The Balaban J connectivity index is 1.45. The van der Waals surface area contributed by atoms with Gasteiger partial charge in [-0.2, -0.15) is 0 Å². The van der Waals surface area contributed by atoms with Crippen LogP contribution in [-0.2, 0) is 0 Å². The number of nitrogens with zero attached hydrogens (tertiary/aromatic N) is 1. The van der Waals surface area contributed by atoms with Gasteiger partial charge in [0.1, 0.15) is 10.8 Å². The Kier molecular flexibility index (Phi) is 6.55. The van der Waals surface area contributed by atoms with Gasteiger partial charge in [0.05, 0.1) is 22.9 Å². The minimum Gasteiger partial charge on any atom is -0.496 e. The summed E-state index contributed by atoms with van der Waals surface area (Å²) in [5, 5.41) is 6.93. The summed E-state index contributed by atoms with van der Waals surface area (Å²) in [6.07, 6.45) is 0. The zero-order valence-corrected chi connectivity index (χ0v) is 20.9. The molecule has 8 heteroatoms. The van der Waals surface area contributed by atoms with E-state index in [1.807, 2.05) is 43.3 Å². The van der Waals surface area contributed by atoms with E-state index in [-0.39, 0.29) is 11.0 Å². The molecule has 0 saturated carbocycles. The molecule has 0 fully saturated rings. The molecule has 1 aromatic heterocycles. The van der Waals surface area contributed by atoms with Crippen molar-refractivity contribution < 1.29 is 9.53 Å². The zero-order chi connectivity index (χ0) is 22.8. The van der Waals surface area contributed by atoms with Crippen molar-refractivity contribution in [2.45, 2.75) is 13.8 Å². The van der Waals surface area contributed by atoms with Crippen molar-refractivity contribution in [2.24, 2.45) is 0 Å². The van der Waals surface area contributed by atoms with Crippen LogP contribution in [0.3, 0.4) is 0 Å². The highest BCUT2D eigenvalue weighted by Crippen LogP contribution is 2.31. The number of thiocarbonyl (C=S) groups is 1. The number of hydrogen-bond acceptors (Lipinski definition) is 5. The second-order valence-electron chi connectivity index (χ2n) is 7.28. The molecule has 1 heterocycles. The number of aryl methyl sites for hydroxylation is 2. The lowest BCUT2D eigenvalue weighted by atomic mass is 10.1. The lowest BCUT2D eigenvalue weighted by Gasteiger charge is -2.14. The van der Waals surface area contributed by atoms with Crippen LogP contribution in [0.1, 0.15) is 21.5 Å². The number of fused-ring (bicyclic) bond motifs is 1. The van der Waals surface area contributed by atoms with E-state index in [0.717, 1.165) is 31.8 Å². The number of benzene rings is 3. The van der Waals surface area contributed by atoms with Gasteiger partial charge in [-0.05, 0) is 85.7 Å². The van der Waals surface area contributed by atoms with Gasteiger partial charge in [0.25, 0.3) is 5.91 Å². The molecule has 0 aliphatic carbocycles. The minimum absolute atomic E-state index is 0.206. The van der Waals surface area contributed by atoms with Crippen molar-refractivity contribution >= 4 is 66.4 Å². The fourth-order valence-electron chi connectivity index (χ4n) is 3.35. The maximum Gasteiger partial charge on any atom is 0.261 e. The Morgan fingerprint density at radius 2 is 1.84 bits per heavy atom. The molecule has 4 rings (SSSR count). The molecule has 0 spiro atoms. The molecule has 2 N–H and O–H groups in total. The molecule has 1 amide bonds. The summed E-state index contributed by atoms with van der Waals surface area (Å²) in [6.45, 7) is 3.96. The van der Waals surface area contributed by atoms with Crippen LogP contribution in [0.4, 0.5) is 5.69 Å². The number of amides is 1. The van der Waals surface area contributed by atoms with E-state index in [1.54, 1.807) is 17.4 Å². The summed E-state index contributed by atoms with van der Waals surface area (Å²) in [6, 6.07) is 17.6. The van der Waals surface area contributed by atoms with Crippen LogP contribution in [0.2, 0.25) is 0 Å². The number of halogens is 1. The molecule has 32 heavy (non-hydrogen) atoms. The van der Waals surface area contributed by atoms with Gasteiger partial charge in [-0.1, -0.05) is 22.0 Å². The highest BCUT2D eigenvalue weighted by atomic mass is 79.9. The second kappa shape index (κ2) is 9.36. The standard InChI is InChI=1S/C24H20BrN3O2S2/c1-13-4-9-19-20(10-13)32-23(27-19)15-5-7-17(8-6-15)26-24(31)28-22(29)18-12-16(25)11-14(2)21(18)30-3/h4-12H,1-3H3,(H2,26,28,29,31). The highest BCUT2D eigenvalue weighted by molar-refractivity contribution is 9.10. The Labute approximate surface area is 204 Å². The van der Waals surface area contributed by atoms with E-state index in [1.165, 1.54) is 17.4 Å². The highest BCUT2D eigenvalue weighted by Gasteiger charge is 2.17. The van der Waals surface area contributed by atoms with Gasteiger partial charge in [0.2, 0.25) is 0 Å². The molecule has 0 aliphatic heterocycles. The number of rotatable bonds is 4. The molecule has 4 aromatic rings. The summed E-state index contributed by atoms with van der Waals surface area (Å²) in [7, 11) is 1.54. The lowest BCUT2D eigenvalue weighted by Crippen LogP contribution is -2.34. The van der Waals surface area contributed by atoms with Crippen LogP contribution in [0.15, 0.2) is 59.1 Å². The van der Waals surface area contributed by atoms with E-state index in [0.29, 0.717) is 11.3 Å². The molecule has 0 atom stereocenters.